The zero-order valence-electron chi connectivity index (χ0n) is 32.9. The number of likely N-dealkylation sites (tertiary alicyclic amines) is 1. The second kappa shape index (κ2) is 15.6. The maximum atomic E-state index is 14.5. The average Bonchev–Trinajstić information content (AvgIpc) is 3.63. The molecule has 3 N–H and O–H groups in total. The molecule has 5 atom stereocenters. The van der Waals surface area contributed by atoms with Crippen molar-refractivity contribution < 1.29 is 59.7 Å². The summed E-state index contributed by atoms with van der Waals surface area (Å²) in [6.45, 7) is 15.9. The van der Waals surface area contributed by atoms with Crippen LogP contribution >= 0.6 is 0 Å². The Morgan fingerprint density at radius 1 is 1.02 bits per heavy atom. The van der Waals surface area contributed by atoms with E-state index in [0.29, 0.717) is 0 Å². The van der Waals surface area contributed by atoms with Crippen LogP contribution in [-0.2, 0) is 35.3 Å². The number of nitrogens with one attached hydrogen (secondary N) is 3. The van der Waals surface area contributed by atoms with E-state index in [2.05, 4.69) is 27.2 Å². The number of carbonyl (C=O) groups excluding carboxylic acids is 4. The minimum atomic E-state index is -5.00. The Morgan fingerprint density at radius 3 is 2.12 bits per heavy atom. The van der Waals surface area contributed by atoms with Crippen molar-refractivity contribution >= 4 is 44.7 Å². The van der Waals surface area contributed by atoms with E-state index in [1.165, 1.54) is 46.3 Å². The smallest absolute Gasteiger partial charge is 0.451 e. The number of rotatable bonds is 12. The topological polar surface area (TPSA) is 204 Å². The number of nitrogens with zero attached hydrogens (tertiary/aromatic N) is 3. The van der Waals surface area contributed by atoms with Gasteiger partial charge in [-0.25, -0.2) is 18.2 Å². The molecule has 2 heterocycles. The maximum absolute atomic E-state index is 14.5. The largest absolute Gasteiger partial charge is 0.493 e. The molecule has 3 unspecified atom stereocenters. The third-order valence-electron chi connectivity index (χ3n) is 9.23. The van der Waals surface area contributed by atoms with Gasteiger partial charge < -0.3 is 34.5 Å². The normalized spacial score (nSPS) is 21.9. The number of methoxy groups -OCH3 is 2. The van der Waals surface area contributed by atoms with Gasteiger partial charge in [0, 0.05) is 18.4 Å². The number of hydrogen-bond acceptors (Lipinski definition) is 12. The van der Waals surface area contributed by atoms with E-state index in [1.807, 2.05) is 4.72 Å². The van der Waals surface area contributed by atoms with Crippen molar-refractivity contribution in [1.29, 1.82) is 0 Å². The van der Waals surface area contributed by atoms with Gasteiger partial charge in [0.1, 0.15) is 29.3 Å². The quantitative estimate of drug-likeness (QED) is 0.262. The van der Waals surface area contributed by atoms with E-state index in [-0.39, 0.29) is 35.2 Å². The fraction of sp³-hybridized carbons (Fsp3) is 0.611. The zero-order chi connectivity index (χ0) is 42.3. The van der Waals surface area contributed by atoms with E-state index in [9.17, 15) is 40.8 Å². The molecular weight excluding hydrogens is 765 g/mol. The lowest BCUT2D eigenvalue weighted by molar-refractivity contribution is -0.145. The molecule has 20 heteroatoms. The van der Waals surface area contributed by atoms with Crippen LogP contribution in [0.4, 0.5) is 18.0 Å². The van der Waals surface area contributed by atoms with E-state index in [4.69, 9.17) is 18.9 Å². The Morgan fingerprint density at radius 2 is 1.62 bits per heavy atom. The Balaban J connectivity index is 1.78. The summed E-state index contributed by atoms with van der Waals surface area (Å²) >= 11 is 0. The molecule has 2 aromatic rings. The van der Waals surface area contributed by atoms with Gasteiger partial charge in [-0.2, -0.15) is 18.2 Å². The van der Waals surface area contributed by atoms with Gasteiger partial charge in [-0.15, -0.1) is 6.58 Å². The number of benzene rings is 1. The molecule has 2 fully saturated rings. The number of alkyl carbamates (subject to hydrolysis) is 1. The number of hydrogen-bond donors (Lipinski definition) is 3. The molecule has 1 aliphatic heterocycles. The molecule has 0 spiro atoms. The summed E-state index contributed by atoms with van der Waals surface area (Å²) in [5.41, 5.74) is -3.86. The number of aromatic nitrogens is 2. The third kappa shape index (κ3) is 9.55. The number of halogens is 3. The standard InChI is InChI=1S/C36H49F3N6O10S/c1-12-19-16-35(19,31(48)44-56(50,51)18(2)3)43-27(46)23-13-20(17-45(23)29(47)26(33(4,5)6)41-32(49)55-34(7,8)9)54-28-21-14-24(52-10)25(53-11)15-22(21)40-30(42-28)36(37,38)39/h12,14-15,18-20,23,26H,1,13,16-17H2,2-11H3,(H,41,49)(H,43,46)(H,44,48)/t19?,20-,23?,26?,35+/m1/s1. The summed E-state index contributed by atoms with van der Waals surface area (Å²) in [6, 6.07) is -0.220. The molecule has 1 saturated heterocycles. The van der Waals surface area contributed by atoms with Crippen molar-refractivity contribution in [3.63, 3.8) is 0 Å². The molecule has 4 rings (SSSR count). The molecule has 2 aliphatic rings. The first-order valence-corrected chi connectivity index (χ1v) is 19.2. The fourth-order valence-corrected chi connectivity index (χ4v) is 6.77. The van der Waals surface area contributed by atoms with Crippen LogP contribution in [0.3, 0.4) is 0 Å². The maximum Gasteiger partial charge on any atom is 0.451 e. The second-order valence-electron chi connectivity index (χ2n) is 16.0. The van der Waals surface area contributed by atoms with Gasteiger partial charge in [0.05, 0.1) is 36.9 Å². The van der Waals surface area contributed by atoms with Gasteiger partial charge in [-0.3, -0.25) is 19.1 Å². The molecule has 0 radical (unpaired) electrons. The summed E-state index contributed by atoms with van der Waals surface area (Å²) < 4.78 is 91.5. The third-order valence-corrected chi connectivity index (χ3v) is 10.9. The number of carbonyl (C=O) groups is 4. The van der Waals surface area contributed by atoms with Crippen molar-refractivity contribution in [2.75, 3.05) is 20.8 Å². The molecule has 56 heavy (non-hydrogen) atoms. The minimum Gasteiger partial charge on any atom is -0.493 e. The SMILES string of the molecule is C=CC1C[C@@]1(NC(=O)C1C[C@@H](Oc2nc(C(F)(F)F)nc3cc(OC)c(OC)cc23)CN1C(=O)C(NC(=O)OC(C)(C)C)C(C)(C)C)C(=O)NS(=O)(=O)C(C)C. The lowest BCUT2D eigenvalue weighted by Crippen LogP contribution is -2.60. The number of ether oxygens (including phenoxy) is 4. The number of sulfonamides is 1. The molecule has 1 aliphatic carbocycles. The summed E-state index contributed by atoms with van der Waals surface area (Å²) in [6.07, 6.45) is -6.08. The predicted molar refractivity (Wildman–Crippen MR) is 196 cm³/mol. The van der Waals surface area contributed by atoms with Crippen molar-refractivity contribution in [3.05, 3.63) is 30.6 Å². The number of alkyl halides is 3. The average molecular weight is 815 g/mol. The molecule has 1 aromatic heterocycles. The van der Waals surface area contributed by atoms with E-state index in [1.54, 1.807) is 41.5 Å². The van der Waals surface area contributed by atoms with Crippen molar-refractivity contribution in [3.8, 4) is 17.4 Å². The summed E-state index contributed by atoms with van der Waals surface area (Å²) in [7, 11) is -1.51. The molecule has 16 nitrogen and oxygen atoms in total. The highest BCUT2D eigenvalue weighted by atomic mass is 32.2. The monoisotopic (exact) mass is 814 g/mol. The van der Waals surface area contributed by atoms with Crippen molar-refractivity contribution in [2.45, 2.75) is 109 Å². The summed E-state index contributed by atoms with van der Waals surface area (Å²) in [5.74, 6) is -5.23. The van der Waals surface area contributed by atoms with E-state index < -0.39 is 104 Å². The molecule has 1 aromatic carbocycles. The van der Waals surface area contributed by atoms with Crippen LogP contribution in [0, 0.1) is 11.3 Å². The Bertz CT molecular complexity index is 2000. The van der Waals surface area contributed by atoms with Crippen LogP contribution in [-0.4, -0.2) is 102 Å². The van der Waals surface area contributed by atoms with Gasteiger partial charge in [-0.1, -0.05) is 26.8 Å². The van der Waals surface area contributed by atoms with Gasteiger partial charge in [0.25, 0.3) is 5.91 Å². The lowest BCUT2D eigenvalue weighted by Gasteiger charge is -2.36. The molecule has 1 saturated carbocycles. The molecule has 4 amide bonds. The van der Waals surface area contributed by atoms with Gasteiger partial charge in [-0.05, 0) is 52.5 Å². The zero-order valence-corrected chi connectivity index (χ0v) is 33.7. The highest BCUT2D eigenvalue weighted by molar-refractivity contribution is 7.90. The van der Waals surface area contributed by atoms with Crippen LogP contribution in [0.2, 0.25) is 0 Å². The Hall–Kier alpha value is -4.88. The van der Waals surface area contributed by atoms with Gasteiger partial charge in [0.15, 0.2) is 11.5 Å². The first kappa shape index (κ1) is 43.8. The summed E-state index contributed by atoms with van der Waals surface area (Å²) in [5, 5.41) is 4.21. The van der Waals surface area contributed by atoms with Crippen LogP contribution in [0.25, 0.3) is 10.9 Å². The molecule has 0 bridgehead atoms. The number of amides is 4. The summed E-state index contributed by atoms with van der Waals surface area (Å²) in [4.78, 5) is 63.6. The lowest BCUT2D eigenvalue weighted by atomic mass is 9.85. The van der Waals surface area contributed by atoms with Gasteiger partial charge in [0.2, 0.25) is 33.5 Å². The predicted octanol–water partition coefficient (Wildman–Crippen LogP) is 3.87. The van der Waals surface area contributed by atoms with Crippen LogP contribution < -0.4 is 29.6 Å². The molecule has 310 valence electrons. The highest BCUT2D eigenvalue weighted by Crippen LogP contribution is 2.45. The second-order valence-corrected chi connectivity index (χ2v) is 18.3. The first-order valence-electron chi connectivity index (χ1n) is 17.7. The van der Waals surface area contributed by atoms with E-state index >= 15 is 0 Å². The highest BCUT2D eigenvalue weighted by Gasteiger charge is 2.61. The van der Waals surface area contributed by atoms with Crippen LogP contribution in [0.15, 0.2) is 24.8 Å². The molecular formula is C36H49F3N6O10S. The Labute approximate surface area is 323 Å². The van der Waals surface area contributed by atoms with Crippen molar-refractivity contribution in [1.82, 2.24) is 30.2 Å². The Kier molecular flexibility index (Phi) is 12.2. The van der Waals surface area contributed by atoms with Crippen LogP contribution in [0.5, 0.6) is 17.4 Å². The minimum absolute atomic E-state index is 0.00520. The van der Waals surface area contributed by atoms with Crippen molar-refractivity contribution in [2.24, 2.45) is 11.3 Å². The van der Waals surface area contributed by atoms with Gasteiger partial charge >= 0.3 is 12.3 Å². The fourth-order valence-electron chi connectivity index (χ4n) is 6.09. The first-order chi connectivity index (χ1) is 25.7. The van der Waals surface area contributed by atoms with E-state index in [0.717, 1.165) is 4.90 Å². The number of fused-ring (bicyclic) bond motifs is 1. The van der Waals surface area contributed by atoms with Crippen LogP contribution in [0.1, 0.15) is 74.1 Å².